The molecule has 3 rings (SSSR count). The molecule has 2 amide bonds. The highest BCUT2D eigenvalue weighted by Crippen LogP contribution is 2.32. The Balaban J connectivity index is 1.56. The van der Waals surface area contributed by atoms with Crippen LogP contribution < -0.4 is 5.32 Å². The third-order valence-electron chi connectivity index (χ3n) is 4.28. The summed E-state index contributed by atoms with van der Waals surface area (Å²) in [5.41, 5.74) is 2.07. The lowest BCUT2D eigenvalue weighted by Crippen LogP contribution is -2.35. The molecule has 0 aromatic heterocycles. The Hall–Kier alpha value is -2.53. The molecule has 1 aliphatic rings. The van der Waals surface area contributed by atoms with Gasteiger partial charge in [0, 0.05) is 30.3 Å². The summed E-state index contributed by atoms with van der Waals surface area (Å²) >= 11 is 1.71. The molecule has 0 bridgehead atoms. The number of carbonyl (C=O) groups excluding carboxylic acids is 2. The maximum absolute atomic E-state index is 12.4. The van der Waals surface area contributed by atoms with Crippen molar-refractivity contribution in [3.63, 3.8) is 0 Å². The predicted octanol–water partition coefficient (Wildman–Crippen LogP) is 3.86. The highest BCUT2D eigenvalue weighted by Gasteiger charge is 2.27. The summed E-state index contributed by atoms with van der Waals surface area (Å²) < 4.78 is 0. The number of benzene rings is 2. The number of rotatable bonds is 6. The maximum Gasteiger partial charge on any atom is 0.223 e. The van der Waals surface area contributed by atoms with Crippen LogP contribution in [-0.4, -0.2) is 29.0 Å². The van der Waals surface area contributed by atoms with Gasteiger partial charge in [0.1, 0.15) is 0 Å². The summed E-state index contributed by atoms with van der Waals surface area (Å²) in [5, 5.41) is 2.97. The van der Waals surface area contributed by atoms with Crippen molar-refractivity contribution in [2.24, 2.45) is 0 Å². The Kier molecular flexibility index (Phi) is 6.12. The highest BCUT2D eigenvalue weighted by atomic mass is 32.2. The van der Waals surface area contributed by atoms with E-state index in [4.69, 9.17) is 0 Å². The van der Waals surface area contributed by atoms with E-state index in [9.17, 15) is 9.59 Å². The summed E-state index contributed by atoms with van der Waals surface area (Å²) in [6.45, 7) is 2.13. The van der Waals surface area contributed by atoms with E-state index in [1.165, 1.54) is 11.8 Å². The van der Waals surface area contributed by atoms with E-state index in [0.29, 0.717) is 6.54 Å². The van der Waals surface area contributed by atoms with Gasteiger partial charge in [0.2, 0.25) is 11.8 Å². The fourth-order valence-electron chi connectivity index (χ4n) is 3.04. The van der Waals surface area contributed by atoms with Crippen molar-refractivity contribution in [3.8, 4) is 0 Å². The standard InChI is InChI=1S/C21H22N2O2S/c1-16(24)23-13-11-17-7-5-6-10-19(17)20(23)15-21(25)22-12-14-26-18-8-3-2-4-9-18/h2-11,13,20H,12,14-15H2,1H3,(H,22,25)/t20-/m1/s1. The molecule has 4 nitrogen and oxygen atoms in total. The van der Waals surface area contributed by atoms with Crippen LogP contribution in [0.4, 0.5) is 0 Å². The molecule has 0 unspecified atom stereocenters. The van der Waals surface area contributed by atoms with Gasteiger partial charge in [-0.15, -0.1) is 11.8 Å². The molecule has 26 heavy (non-hydrogen) atoms. The number of hydrogen-bond donors (Lipinski definition) is 1. The lowest BCUT2D eigenvalue weighted by Gasteiger charge is -2.32. The first-order valence-corrected chi connectivity index (χ1v) is 9.64. The predicted molar refractivity (Wildman–Crippen MR) is 106 cm³/mol. The van der Waals surface area contributed by atoms with E-state index in [1.54, 1.807) is 22.9 Å². The molecular weight excluding hydrogens is 344 g/mol. The number of carbonyl (C=O) groups is 2. The first kappa shape index (κ1) is 18.3. The summed E-state index contributed by atoms with van der Waals surface area (Å²) in [7, 11) is 0. The van der Waals surface area contributed by atoms with Gasteiger partial charge in [-0.25, -0.2) is 0 Å². The minimum Gasteiger partial charge on any atom is -0.355 e. The molecular formula is C21H22N2O2S. The molecule has 0 aliphatic carbocycles. The van der Waals surface area contributed by atoms with E-state index in [2.05, 4.69) is 17.4 Å². The normalized spacial score (nSPS) is 15.4. The number of nitrogens with one attached hydrogen (secondary N) is 1. The summed E-state index contributed by atoms with van der Waals surface area (Å²) in [6, 6.07) is 17.8. The van der Waals surface area contributed by atoms with Gasteiger partial charge in [0.05, 0.1) is 12.5 Å². The van der Waals surface area contributed by atoms with E-state index in [1.807, 2.05) is 48.5 Å². The molecule has 5 heteroatoms. The average Bonchev–Trinajstić information content (AvgIpc) is 2.66. The van der Waals surface area contributed by atoms with Crippen LogP contribution in [0.3, 0.4) is 0 Å². The minimum absolute atomic E-state index is 0.0417. The van der Waals surface area contributed by atoms with Crippen LogP contribution in [0.1, 0.15) is 30.5 Å². The molecule has 0 saturated carbocycles. The van der Waals surface area contributed by atoms with Crippen LogP contribution in [0.5, 0.6) is 0 Å². The molecule has 2 aromatic carbocycles. The number of hydrogen-bond acceptors (Lipinski definition) is 3. The van der Waals surface area contributed by atoms with Gasteiger partial charge in [0.25, 0.3) is 0 Å². The van der Waals surface area contributed by atoms with Crippen LogP contribution in [-0.2, 0) is 9.59 Å². The Morgan fingerprint density at radius 1 is 1.08 bits per heavy atom. The van der Waals surface area contributed by atoms with Crippen molar-refractivity contribution in [3.05, 3.63) is 71.9 Å². The second-order valence-electron chi connectivity index (χ2n) is 6.10. The fourth-order valence-corrected chi connectivity index (χ4v) is 3.83. The van der Waals surface area contributed by atoms with Crippen LogP contribution in [0.25, 0.3) is 6.08 Å². The zero-order valence-corrected chi connectivity index (χ0v) is 15.5. The largest absolute Gasteiger partial charge is 0.355 e. The SMILES string of the molecule is CC(=O)N1C=Cc2ccccc2[C@H]1CC(=O)NCCSc1ccccc1. The van der Waals surface area contributed by atoms with Crippen molar-refractivity contribution in [2.75, 3.05) is 12.3 Å². The van der Waals surface area contributed by atoms with Gasteiger partial charge in [0.15, 0.2) is 0 Å². The lowest BCUT2D eigenvalue weighted by atomic mass is 9.93. The molecule has 134 valence electrons. The summed E-state index contributed by atoms with van der Waals surface area (Å²) in [6.07, 6.45) is 3.95. The van der Waals surface area contributed by atoms with Crippen LogP contribution >= 0.6 is 11.8 Å². The van der Waals surface area contributed by atoms with Crippen molar-refractivity contribution in [1.82, 2.24) is 10.2 Å². The van der Waals surface area contributed by atoms with Gasteiger partial charge < -0.3 is 10.2 Å². The first-order chi connectivity index (χ1) is 12.6. The Morgan fingerprint density at radius 2 is 1.81 bits per heavy atom. The van der Waals surface area contributed by atoms with E-state index in [0.717, 1.165) is 16.9 Å². The molecule has 1 aliphatic heterocycles. The second kappa shape index (κ2) is 8.72. The van der Waals surface area contributed by atoms with E-state index >= 15 is 0 Å². The van der Waals surface area contributed by atoms with Crippen LogP contribution in [0, 0.1) is 0 Å². The molecule has 2 aromatic rings. The zero-order chi connectivity index (χ0) is 18.4. The van der Waals surface area contributed by atoms with Crippen LogP contribution in [0.15, 0.2) is 65.7 Å². The van der Waals surface area contributed by atoms with E-state index in [-0.39, 0.29) is 24.3 Å². The van der Waals surface area contributed by atoms with Gasteiger partial charge in [-0.05, 0) is 29.3 Å². The van der Waals surface area contributed by atoms with Gasteiger partial charge in [-0.2, -0.15) is 0 Å². The third-order valence-corrected chi connectivity index (χ3v) is 5.30. The van der Waals surface area contributed by atoms with Gasteiger partial charge >= 0.3 is 0 Å². The maximum atomic E-state index is 12.4. The zero-order valence-electron chi connectivity index (χ0n) is 14.7. The number of fused-ring (bicyclic) bond motifs is 1. The van der Waals surface area contributed by atoms with E-state index < -0.39 is 0 Å². The Bertz CT molecular complexity index is 805. The molecule has 0 radical (unpaired) electrons. The molecule has 1 atom stereocenters. The fraction of sp³-hybridized carbons (Fsp3) is 0.238. The Morgan fingerprint density at radius 3 is 2.58 bits per heavy atom. The minimum atomic E-state index is -0.254. The average molecular weight is 366 g/mol. The number of nitrogens with zero attached hydrogens (tertiary/aromatic N) is 1. The van der Waals surface area contributed by atoms with Crippen molar-refractivity contribution < 1.29 is 9.59 Å². The monoisotopic (exact) mass is 366 g/mol. The Labute approximate surface area is 158 Å². The van der Waals surface area contributed by atoms with Gasteiger partial charge in [-0.1, -0.05) is 42.5 Å². The number of amides is 2. The summed E-state index contributed by atoms with van der Waals surface area (Å²) in [5.74, 6) is 0.709. The van der Waals surface area contributed by atoms with Crippen molar-refractivity contribution in [2.45, 2.75) is 24.3 Å². The second-order valence-corrected chi connectivity index (χ2v) is 7.27. The van der Waals surface area contributed by atoms with Crippen LogP contribution in [0.2, 0.25) is 0 Å². The molecule has 1 N–H and O–H groups in total. The topological polar surface area (TPSA) is 49.4 Å². The first-order valence-electron chi connectivity index (χ1n) is 8.66. The molecule has 1 heterocycles. The summed E-state index contributed by atoms with van der Waals surface area (Å²) in [4.78, 5) is 27.2. The number of thioether (sulfide) groups is 1. The quantitative estimate of drug-likeness (QED) is 0.624. The smallest absolute Gasteiger partial charge is 0.223 e. The lowest BCUT2D eigenvalue weighted by molar-refractivity contribution is -0.129. The van der Waals surface area contributed by atoms with Crippen molar-refractivity contribution in [1.29, 1.82) is 0 Å². The van der Waals surface area contributed by atoms with Crippen molar-refractivity contribution >= 4 is 29.7 Å². The molecule has 0 saturated heterocycles. The highest BCUT2D eigenvalue weighted by molar-refractivity contribution is 7.99. The molecule has 0 fully saturated rings. The van der Waals surface area contributed by atoms with Gasteiger partial charge in [-0.3, -0.25) is 9.59 Å². The molecule has 0 spiro atoms. The third kappa shape index (κ3) is 4.55.